The number of aliphatic hydroxyl groups excluding tert-OH is 4. The van der Waals surface area contributed by atoms with Gasteiger partial charge in [-0.05, 0) is 6.08 Å². The molecule has 0 aliphatic carbocycles. The lowest BCUT2D eigenvalue weighted by molar-refractivity contribution is -0.305. The topological polar surface area (TPSA) is 276 Å². The second-order valence-electron chi connectivity index (χ2n) is 6.29. The zero-order valence-electron chi connectivity index (χ0n) is 15.0. The van der Waals surface area contributed by atoms with Crippen molar-refractivity contribution in [1.29, 1.82) is 0 Å². The zero-order chi connectivity index (χ0) is 23.7. The molecule has 31 heavy (non-hydrogen) atoms. The van der Waals surface area contributed by atoms with Gasteiger partial charge in [-0.25, -0.2) is 8.98 Å². The summed E-state index contributed by atoms with van der Waals surface area (Å²) in [5.41, 5.74) is 0. The molecule has 2 aliphatic heterocycles. The maximum Gasteiger partial charge on any atom is 0.397 e. The molecule has 0 aromatic heterocycles. The Balaban J connectivity index is 2.31. The Morgan fingerprint density at radius 2 is 1.71 bits per heavy atom. The molecule has 2 aliphatic rings. The molecule has 0 spiro atoms. The normalized spacial score (nSPS) is 37.0. The smallest absolute Gasteiger partial charge is 0.397 e. The lowest BCUT2D eigenvalue weighted by Crippen LogP contribution is -2.66. The van der Waals surface area contributed by atoms with Crippen LogP contribution in [0.15, 0.2) is 11.8 Å². The lowest BCUT2D eigenvalue weighted by atomic mass is 9.97. The number of ether oxygens (including phenoxy) is 3. The number of rotatable bonds is 8. The highest BCUT2D eigenvalue weighted by Gasteiger charge is 2.50. The number of carboxylic acids is 1. The number of carboxylic acid groups (broad SMARTS) is 1. The van der Waals surface area contributed by atoms with E-state index in [9.17, 15) is 42.1 Å². The van der Waals surface area contributed by atoms with E-state index in [0.717, 1.165) is 0 Å². The molecule has 1 saturated heterocycles. The van der Waals surface area contributed by atoms with Crippen LogP contribution in [0.2, 0.25) is 0 Å². The summed E-state index contributed by atoms with van der Waals surface area (Å²) in [5, 5.41) is 49.0. The number of aliphatic hydroxyl groups is 4. The van der Waals surface area contributed by atoms with E-state index in [0.29, 0.717) is 6.08 Å². The summed E-state index contributed by atoms with van der Waals surface area (Å²) in [6, 6.07) is -2.01. The van der Waals surface area contributed by atoms with E-state index in [-0.39, 0.29) is 0 Å². The quantitative estimate of drug-likeness (QED) is 0.146. The molecule has 0 bridgehead atoms. The Labute approximate surface area is 174 Å². The first-order valence-corrected chi connectivity index (χ1v) is 10.9. The van der Waals surface area contributed by atoms with Crippen LogP contribution in [0, 0.1) is 0 Å². The van der Waals surface area contributed by atoms with Gasteiger partial charge in [-0.2, -0.15) is 21.6 Å². The van der Waals surface area contributed by atoms with Crippen LogP contribution >= 0.6 is 0 Å². The molecule has 0 amide bonds. The Kier molecular flexibility index (Phi) is 7.95. The van der Waals surface area contributed by atoms with Crippen molar-refractivity contribution >= 4 is 26.7 Å². The van der Waals surface area contributed by atoms with Gasteiger partial charge < -0.3 is 39.7 Å². The number of aliphatic carboxylic acids is 1. The van der Waals surface area contributed by atoms with Crippen LogP contribution in [0.1, 0.15) is 0 Å². The summed E-state index contributed by atoms with van der Waals surface area (Å²) < 4.78 is 81.8. The summed E-state index contributed by atoms with van der Waals surface area (Å²) in [7, 11) is -10.1. The van der Waals surface area contributed by atoms with Crippen molar-refractivity contribution < 1.29 is 74.7 Å². The van der Waals surface area contributed by atoms with Gasteiger partial charge in [0.05, 0.1) is 6.61 Å². The highest BCUT2D eigenvalue weighted by Crippen LogP contribution is 2.28. The minimum Gasteiger partial charge on any atom is -0.475 e. The van der Waals surface area contributed by atoms with E-state index >= 15 is 0 Å². The maximum atomic E-state index is 11.1. The predicted octanol–water partition coefficient (Wildman–Crippen LogP) is -4.92. The van der Waals surface area contributed by atoms with Crippen molar-refractivity contribution in [3.8, 4) is 0 Å². The van der Waals surface area contributed by atoms with Crippen molar-refractivity contribution in [3.63, 3.8) is 0 Å². The Morgan fingerprint density at radius 1 is 1.10 bits per heavy atom. The molecular weight excluding hydrogens is 478 g/mol. The predicted molar refractivity (Wildman–Crippen MR) is 90.3 cm³/mol. The fourth-order valence-corrected chi connectivity index (χ4v) is 3.63. The largest absolute Gasteiger partial charge is 0.475 e. The summed E-state index contributed by atoms with van der Waals surface area (Å²) in [6.45, 7) is -1.12. The first kappa shape index (κ1) is 25.8. The molecule has 2 rings (SSSR count). The van der Waals surface area contributed by atoms with Crippen LogP contribution in [0.5, 0.6) is 0 Å². The van der Waals surface area contributed by atoms with Gasteiger partial charge in [0.15, 0.2) is 6.29 Å². The van der Waals surface area contributed by atoms with Gasteiger partial charge in [-0.15, -0.1) is 0 Å². The molecule has 8 atom stereocenters. The number of nitrogens with one attached hydrogen (secondary N) is 1. The van der Waals surface area contributed by atoms with Crippen molar-refractivity contribution in [2.24, 2.45) is 0 Å². The van der Waals surface area contributed by atoms with Crippen LogP contribution in [-0.2, 0) is 43.9 Å². The summed E-state index contributed by atoms with van der Waals surface area (Å²) in [6.07, 6.45) is -13.3. The summed E-state index contributed by atoms with van der Waals surface area (Å²) in [5.74, 6) is -2.54. The molecule has 2 heterocycles. The second kappa shape index (κ2) is 9.56. The third kappa shape index (κ3) is 7.00. The van der Waals surface area contributed by atoms with Crippen LogP contribution < -0.4 is 4.72 Å². The van der Waals surface area contributed by atoms with Crippen molar-refractivity contribution in [2.45, 2.75) is 49.1 Å². The Morgan fingerprint density at radius 3 is 2.23 bits per heavy atom. The maximum absolute atomic E-state index is 11.1. The minimum atomic E-state index is -5.05. The van der Waals surface area contributed by atoms with Crippen molar-refractivity contribution in [1.82, 2.24) is 4.72 Å². The highest BCUT2D eigenvalue weighted by molar-refractivity contribution is 7.83. The van der Waals surface area contributed by atoms with Crippen molar-refractivity contribution in [2.75, 3.05) is 6.61 Å². The lowest BCUT2D eigenvalue weighted by Gasteiger charge is -2.44. The van der Waals surface area contributed by atoms with Crippen LogP contribution in [0.4, 0.5) is 0 Å². The average Bonchev–Trinajstić information content (AvgIpc) is 2.61. The standard InChI is InChI=1S/C12H19NO16S2/c14-3-1-4(10(17)18)28-12(7(3)15)29-9-5(2-26-31(23,24)25)27-11(19)6(8(9)16)13-30(20,21)22/h1,3,5-9,11-16,19H,2H2,(H,17,18)(H,20,21,22)(H,23,24,25)/t3-,5+,6+,7+,8+,9+,11-,12+/m0/s1. The number of carbonyl (C=O) groups is 1. The van der Waals surface area contributed by atoms with Gasteiger partial charge in [0, 0.05) is 0 Å². The Hall–Kier alpha value is -1.49. The molecule has 0 radical (unpaired) electrons. The molecule has 0 aromatic carbocycles. The van der Waals surface area contributed by atoms with E-state index in [4.69, 9.17) is 28.4 Å². The molecule has 19 heteroatoms. The van der Waals surface area contributed by atoms with E-state index in [2.05, 4.69) is 4.18 Å². The van der Waals surface area contributed by atoms with Crippen LogP contribution in [-0.4, -0.2) is 113 Å². The first-order chi connectivity index (χ1) is 14.1. The molecular formula is C12H19NO16S2. The minimum absolute atomic E-state index is 0.631. The van der Waals surface area contributed by atoms with Crippen LogP contribution in [0.3, 0.4) is 0 Å². The van der Waals surface area contributed by atoms with Crippen molar-refractivity contribution in [3.05, 3.63) is 11.8 Å². The molecule has 0 saturated carbocycles. The van der Waals surface area contributed by atoms with E-state index in [1.165, 1.54) is 4.72 Å². The molecule has 1 fully saturated rings. The SMILES string of the molecule is O=C(O)C1=C[C@H](O)[C@@H](O)[C@@H](O[C@H]2[C@H](O)[C@@H](NS(=O)(=O)O)[C@@H](O)O[C@@H]2COS(=O)(=O)O)O1. The van der Waals surface area contributed by atoms with Gasteiger partial charge in [0.25, 0.3) is 0 Å². The molecule has 17 nitrogen and oxygen atoms in total. The highest BCUT2D eigenvalue weighted by atomic mass is 32.3. The zero-order valence-corrected chi connectivity index (χ0v) is 16.7. The van der Waals surface area contributed by atoms with Crippen LogP contribution in [0.25, 0.3) is 0 Å². The fraction of sp³-hybridized carbons (Fsp3) is 0.750. The van der Waals surface area contributed by atoms with Gasteiger partial charge in [-0.1, -0.05) is 0 Å². The average molecular weight is 497 g/mol. The van der Waals surface area contributed by atoms with E-state index in [1.54, 1.807) is 0 Å². The third-order valence-electron chi connectivity index (χ3n) is 4.05. The second-order valence-corrected chi connectivity index (χ2v) is 8.57. The molecule has 180 valence electrons. The monoisotopic (exact) mass is 497 g/mol. The molecule has 0 unspecified atom stereocenters. The summed E-state index contributed by atoms with van der Waals surface area (Å²) in [4.78, 5) is 11.1. The first-order valence-electron chi connectivity index (χ1n) is 8.10. The third-order valence-corrected chi connectivity index (χ3v) is 5.06. The van der Waals surface area contributed by atoms with E-state index in [1.807, 2.05) is 0 Å². The Bertz CT molecular complexity index is 900. The number of hydrogen-bond acceptors (Lipinski definition) is 13. The molecule has 0 aromatic rings. The molecule has 8 N–H and O–H groups in total. The van der Waals surface area contributed by atoms with Gasteiger partial charge in [-0.3, -0.25) is 9.11 Å². The fourth-order valence-electron chi connectivity index (χ4n) is 2.72. The van der Waals surface area contributed by atoms with Gasteiger partial charge >= 0.3 is 26.7 Å². The number of hydrogen-bond donors (Lipinski definition) is 8. The van der Waals surface area contributed by atoms with E-state index < -0.39 is 88.2 Å². The van der Waals surface area contributed by atoms with Gasteiger partial charge in [0.1, 0.15) is 36.6 Å². The van der Waals surface area contributed by atoms with Gasteiger partial charge in [0.2, 0.25) is 12.0 Å². The summed E-state index contributed by atoms with van der Waals surface area (Å²) >= 11 is 0.